The van der Waals surface area contributed by atoms with Crippen LogP contribution in [0.4, 0.5) is 5.13 Å². The molecule has 0 bridgehead atoms. The van der Waals surface area contributed by atoms with E-state index in [4.69, 9.17) is 0 Å². The third-order valence-electron chi connectivity index (χ3n) is 4.46. The van der Waals surface area contributed by atoms with E-state index in [1.54, 1.807) is 12.4 Å². The van der Waals surface area contributed by atoms with Crippen LogP contribution in [-0.4, -0.2) is 52.9 Å². The van der Waals surface area contributed by atoms with Gasteiger partial charge in [-0.2, -0.15) is 0 Å². The fourth-order valence-corrected chi connectivity index (χ4v) is 5.05. The molecule has 0 atom stereocenters. The largest absolute Gasteiger partial charge is 0.871 e. The number of carbonyl (C=O) groups is 1. The van der Waals surface area contributed by atoms with Crippen LogP contribution >= 0.6 is 23.1 Å². The third kappa shape index (κ3) is 3.12. The Morgan fingerprint density at radius 3 is 2.42 bits per heavy atom. The number of thioether (sulfide) groups is 1. The molecule has 0 aromatic carbocycles. The lowest BCUT2D eigenvalue weighted by atomic mass is 9.87. The van der Waals surface area contributed by atoms with Crippen LogP contribution in [0, 0.1) is 0 Å². The van der Waals surface area contributed by atoms with Crippen LogP contribution in [0.5, 0.6) is 0 Å². The summed E-state index contributed by atoms with van der Waals surface area (Å²) in [7, 11) is 0. The van der Waals surface area contributed by atoms with Crippen molar-refractivity contribution in [2.75, 3.05) is 31.1 Å². The molecule has 8 heteroatoms. The molecule has 0 fully saturated rings. The number of hydrogen-bond acceptors (Lipinski definition) is 6. The number of carbonyl (C=O) groups excluding carboxylic acids is 1. The van der Waals surface area contributed by atoms with E-state index in [1.807, 2.05) is 0 Å². The van der Waals surface area contributed by atoms with Crippen LogP contribution in [0.2, 0.25) is 0 Å². The van der Waals surface area contributed by atoms with E-state index in [0.717, 1.165) is 36.5 Å². The lowest BCUT2D eigenvalue weighted by Gasteiger charge is -2.30. The van der Waals surface area contributed by atoms with Gasteiger partial charge in [-0.1, -0.05) is 17.1 Å². The number of hydrogen-bond donors (Lipinski definition) is 0. The summed E-state index contributed by atoms with van der Waals surface area (Å²) in [5.41, 5.74) is 0.516. The number of allylic oxidation sites excluding steroid dienone is 3. The highest BCUT2D eigenvalue weighted by Gasteiger charge is 2.36. The maximum atomic E-state index is 12.6. The highest BCUT2D eigenvalue weighted by atomic mass is 32.2. The van der Waals surface area contributed by atoms with Crippen LogP contribution in [-0.2, 0) is 4.79 Å². The first-order valence-corrected chi connectivity index (χ1v) is 10.4. The summed E-state index contributed by atoms with van der Waals surface area (Å²) in [6.45, 7) is 11.6. The van der Waals surface area contributed by atoms with Gasteiger partial charge in [0.2, 0.25) is 0 Å². The molecule has 3 rings (SSSR count). The number of ketones is 1. The van der Waals surface area contributed by atoms with E-state index in [2.05, 4.69) is 47.1 Å². The molecule has 0 unspecified atom stereocenters. The summed E-state index contributed by atoms with van der Waals surface area (Å²) in [5, 5.41) is 14.3. The Bertz CT molecular complexity index is 854. The molecule has 0 saturated heterocycles. The topological polar surface area (TPSA) is 71.6 Å². The Morgan fingerprint density at radius 1 is 1.15 bits per heavy atom. The minimum atomic E-state index is -0.195. The Balaban J connectivity index is 1.90. The number of thiazole rings is 1. The minimum absolute atomic E-state index is 0.195. The second-order valence-corrected chi connectivity index (χ2v) is 7.79. The Labute approximate surface area is 161 Å². The quantitative estimate of drug-likeness (QED) is 0.550. The maximum Gasteiger partial charge on any atom is 0.359 e. The van der Waals surface area contributed by atoms with Crippen molar-refractivity contribution in [1.29, 1.82) is 0 Å². The molecular weight excluding hydrogens is 368 g/mol. The predicted octanol–water partition coefficient (Wildman–Crippen LogP) is 2.12. The van der Waals surface area contributed by atoms with Gasteiger partial charge in [0, 0.05) is 42.2 Å². The standard InChI is InChI=1S/C18H22N4O2S2/c1-5-21(6-2)17-19-9-11(25-17)13-15(23)14(16(13)24)12-10-20-18(26-12)22(7-3)8-4/h9-10H,5-8H2,1-4H3. The van der Waals surface area contributed by atoms with Gasteiger partial charge in [0.25, 0.3) is 0 Å². The fourth-order valence-electron chi connectivity index (χ4n) is 2.88. The summed E-state index contributed by atoms with van der Waals surface area (Å²) < 4.78 is 2.10. The lowest BCUT2D eigenvalue weighted by Crippen LogP contribution is -2.29. The molecular formula is C18H22N4O2S2. The molecule has 26 heavy (non-hydrogen) atoms. The first-order chi connectivity index (χ1) is 12.5. The molecule has 0 amide bonds. The average Bonchev–Trinajstić information content (AvgIpc) is 3.28. The molecule has 138 valence electrons. The van der Waals surface area contributed by atoms with Gasteiger partial charge in [-0.05, 0) is 32.7 Å². The van der Waals surface area contributed by atoms with Gasteiger partial charge in [-0.25, -0.2) is 4.98 Å². The van der Waals surface area contributed by atoms with Crippen LogP contribution in [0.3, 0.4) is 0 Å². The normalized spacial score (nSPS) is 19.4. The Hall–Kier alpha value is -1.93. The molecule has 1 aliphatic heterocycles. The van der Waals surface area contributed by atoms with Crippen molar-refractivity contribution in [1.82, 2.24) is 4.98 Å². The van der Waals surface area contributed by atoms with E-state index in [1.165, 1.54) is 23.1 Å². The number of aliphatic imine (C=N–C) groups is 1. The van der Waals surface area contributed by atoms with E-state index in [0.29, 0.717) is 9.78 Å². The molecule has 0 N–H and O–H groups in total. The minimum Gasteiger partial charge on any atom is -0.871 e. The summed E-state index contributed by atoms with van der Waals surface area (Å²) in [6.07, 6.45) is 3.27. The second kappa shape index (κ2) is 7.75. The van der Waals surface area contributed by atoms with Gasteiger partial charge in [0.05, 0.1) is 22.9 Å². The summed E-state index contributed by atoms with van der Waals surface area (Å²) >= 11 is 2.80. The number of Topliss-reactive ketones (excluding diaryl/α,β-unsaturated/α-hetero) is 1. The summed E-state index contributed by atoms with van der Waals surface area (Å²) in [5.74, 6) is -0.390. The number of rotatable bonds is 6. The molecule has 1 aliphatic carbocycles. The Kier molecular flexibility index (Phi) is 5.62. The van der Waals surface area contributed by atoms with Crippen LogP contribution in [0.15, 0.2) is 27.4 Å². The van der Waals surface area contributed by atoms with Gasteiger partial charge in [0.15, 0.2) is 17.1 Å². The fraction of sp³-hybridized carbons (Fsp3) is 0.444. The number of amidine groups is 1. The Morgan fingerprint density at radius 2 is 1.85 bits per heavy atom. The van der Waals surface area contributed by atoms with Crippen molar-refractivity contribution in [3.05, 3.63) is 27.3 Å². The van der Waals surface area contributed by atoms with Gasteiger partial charge < -0.3 is 10.0 Å². The molecule has 0 radical (unpaired) electrons. The molecule has 1 aromatic rings. The van der Waals surface area contributed by atoms with Gasteiger partial charge >= 0.3 is 5.17 Å². The maximum absolute atomic E-state index is 12.6. The first kappa shape index (κ1) is 18.8. The van der Waals surface area contributed by atoms with Crippen molar-refractivity contribution in [2.45, 2.75) is 27.7 Å². The SMILES string of the molecule is CCN(CC)c1ncc(C2=C([O-])/C(=C3\C=NC(=[N+](CC)CC)S3)C2=O)s1. The first-order valence-electron chi connectivity index (χ1n) is 8.81. The molecule has 2 heterocycles. The van der Waals surface area contributed by atoms with E-state index >= 15 is 0 Å². The number of nitrogens with zero attached hydrogens (tertiary/aromatic N) is 4. The zero-order valence-electron chi connectivity index (χ0n) is 15.4. The summed E-state index contributed by atoms with van der Waals surface area (Å²) in [6, 6.07) is 0. The zero-order valence-corrected chi connectivity index (χ0v) is 17.0. The summed E-state index contributed by atoms with van der Waals surface area (Å²) in [4.78, 5) is 24.8. The van der Waals surface area contributed by atoms with Crippen molar-refractivity contribution >= 4 is 51.0 Å². The smallest absolute Gasteiger partial charge is 0.359 e. The van der Waals surface area contributed by atoms with Crippen molar-refractivity contribution in [3.63, 3.8) is 0 Å². The average molecular weight is 391 g/mol. The van der Waals surface area contributed by atoms with Gasteiger partial charge in [-0.3, -0.25) is 9.37 Å². The van der Waals surface area contributed by atoms with Crippen LogP contribution in [0.25, 0.3) is 5.57 Å². The zero-order chi connectivity index (χ0) is 18.8. The highest BCUT2D eigenvalue weighted by molar-refractivity contribution is 8.18. The second-order valence-electron chi connectivity index (χ2n) is 5.77. The monoisotopic (exact) mass is 390 g/mol. The lowest BCUT2D eigenvalue weighted by molar-refractivity contribution is -0.518. The van der Waals surface area contributed by atoms with Crippen molar-refractivity contribution < 1.29 is 14.5 Å². The third-order valence-corrected chi connectivity index (χ3v) is 6.61. The molecule has 1 aromatic heterocycles. The van der Waals surface area contributed by atoms with Crippen LogP contribution in [0.1, 0.15) is 32.6 Å². The van der Waals surface area contributed by atoms with Crippen molar-refractivity contribution in [3.8, 4) is 0 Å². The van der Waals surface area contributed by atoms with E-state index in [9.17, 15) is 9.90 Å². The van der Waals surface area contributed by atoms with Gasteiger partial charge in [0.1, 0.15) is 0 Å². The van der Waals surface area contributed by atoms with Gasteiger partial charge in [-0.15, -0.1) is 0 Å². The molecule has 6 nitrogen and oxygen atoms in total. The molecule has 2 aliphatic rings. The van der Waals surface area contributed by atoms with E-state index in [-0.39, 0.29) is 22.7 Å². The number of anilines is 1. The highest BCUT2D eigenvalue weighted by Crippen LogP contribution is 2.42. The molecule has 0 saturated carbocycles. The number of aromatic nitrogens is 1. The van der Waals surface area contributed by atoms with Crippen LogP contribution < -0.4 is 10.0 Å². The predicted molar refractivity (Wildman–Crippen MR) is 107 cm³/mol. The van der Waals surface area contributed by atoms with E-state index < -0.39 is 0 Å². The van der Waals surface area contributed by atoms with Crippen molar-refractivity contribution in [2.24, 2.45) is 4.99 Å². The molecule has 0 spiro atoms.